The van der Waals surface area contributed by atoms with Gasteiger partial charge >= 0.3 is 0 Å². The number of anilines is 1. The highest BCUT2D eigenvalue weighted by Crippen LogP contribution is 2.09. The van der Waals surface area contributed by atoms with Gasteiger partial charge in [0.25, 0.3) is 5.91 Å². The van der Waals surface area contributed by atoms with E-state index in [2.05, 4.69) is 5.32 Å². The fourth-order valence-electron chi connectivity index (χ4n) is 1.84. The van der Waals surface area contributed by atoms with E-state index in [1.54, 1.807) is 19.1 Å². The lowest BCUT2D eigenvalue weighted by atomic mass is 10.1. The third kappa shape index (κ3) is 3.57. The lowest BCUT2D eigenvalue weighted by Gasteiger charge is -2.06. The molecule has 0 aliphatic rings. The molecule has 0 atom stereocenters. The van der Waals surface area contributed by atoms with E-state index in [1.807, 2.05) is 24.3 Å². The van der Waals surface area contributed by atoms with E-state index in [-0.39, 0.29) is 11.7 Å². The number of nitrogens with one attached hydrogen (secondary N) is 1. The molecule has 0 fully saturated rings. The zero-order valence-electron chi connectivity index (χ0n) is 11.3. The summed E-state index contributed by atoms with van der Waals surface area (Å²) >= 11 is 0. The molecule has 0 saturated carbocycles. The van der Waals surface area contributed by atoms with E-state index in [4.69, 9.17) is 5.73 Å². The van der Waals surface area contributed by atoms with E-state index in [0.29, 0.717) is 29.8 Å². The van der Waals surface area contributed by atoms with Crippen molar-refractivity contribution in [1.82, 2.24) is 5.32 Å². The molecular formula is C16H17FN2O. The average Bonchev–Trinajstić information content (AvgIpc) is 2.44. The molecule has 2 aromatic rings. The molecule has 4 heteroatoms. The maximum atomic E-state index is 13.4. The molecule has 0 spiro atoms. The van der Waals surface area contributed by atoms with Crippen LogP contribution in [0.1, 0.15) is 21.5 Å². The van der Waals surface area contributed by atoms with Gasteiger partial charge in [0.2, 0.25) is 0 Å². The highest BCUT2D eigenvalue weighted by molar-refractivity contribution is 5.94. The number of amides is 1. The van der Waals surface area contributed by atoms with Crippen LogP contribution in [0.4, 0.5) is 10.1 Å². The lowest BCUT2D eigenvalue weighted by molar-refractivity contribution is 0.0953. The van der Waals surface area contributed by atoms with E-state index < -0.39 is 0 Å². The first-order valence-electron chi connectivity index (χ1n) is 6.45. The maximum Gasteiger partial charge on any atom is 0.251 e. The molecule has 2 rings (SSSR count). The molecular weight excluding hydrogens is 255 g/mol. The lowest BCUT2D eigenvalue weighted by Crippen LogP contribution is -2.25. The summed E-state index contributed by atoms with van der Waals surface area (Å²) in [4.78, 5) is 11.9. The molecule has 0 saturated heterocycles. The zero-order valence-corrected chi connectivity index (χ0v) is 11.3. The minimum atomic E-state index is -0.365. The van der Waals surface area contributed by atoms with Crippen molar-refractivity contribution in [2.24, 2.45) is 0 Å². The largest absolute Gasteiger partial charge is 0.399 e. The first-order chi connectivity index (χ1) is 9.56. The van der Waals surface area contributed by atoms with E-state index in [9.17, 15) is 9.18 Å². The molecule has 104 valence electrons. The predicted octanol–water partition coefficient (Wildman–Crippen LogP) is 2.69. The van der Waals surface area contributed by atoms with Crippen LogP contribution in [-0.4, -0.2) is 12.5 Å². The summed E-state index contributed by atoms with van der Waals surface area (Å²) in [5.74, 6) is -0.629. The van der Waals surface area contributed by atoms with Crippen molar-refractivity contribution in [1.29, 1.82) is 0 Å². The van der Waals surface area contributed by atoms with Crippen LogP contribution >= 0.6 is 0 Å². The van der Waals surface area contributed by atoms with Gasteiger partial charge < -0.3 is 11.1 Å². The van der Waals surface area contributed by atoms with Crippen molar-refractivity contribution in [3.05, 3.63) is 65.0 Å². The molecule has 1 amide bonds. The second-order valence-corrected chi connectivity index (χ2v) is 4.71. The number of aryl methyl sites for hydroxylation is 1. The topological polar surface area (TPSA) is 55.1 Å². The Bertz CT molecular complexity index is 608. The molecule has 3 nitrogen and oxygen atoms in total. The summed E-state index contributed by atoms with van der Waals surface area (Å²) in [6, 6.07) is 12.0. The Morgan fingerprint density at radius 2 is 1.90 bits per heavy atom. The van der Waals surface area contributed by atoms with Crippen molar-refractivity contribution in [3.8, 4) is 0 Å². The van der Waals surface area contributed by atoms with Crippen LogP contribution in [0.3, 0.4) is 0 Å². The molecule has 20 heavy (non-hydrogen) atoms. The third-order valence-corrected chi connectivity index (χ3v) is 3.11. The summed E-state index contributed by atoms with van der Waals surface area (Å²) in [5.41, 5.74) is 8.28. The van der Waals surface area contributed by atoms with Crippen LogP contribution in [0, 0.1) is 12.7 Å². The van der Waals surface area contributed by atoms with Crippen LogP contribution in [0.15, 0.2) is 42.5 Å². The Morgan fingerprint density at radius 1 is 1.20 bits per heavy atom. The molecule has 3 N–H and O–H groups in total. The number of carbonyl (C=O) groups excluding carboxylic acids is 1. The fraction of sp³-hybridized carbons (Fsp3) is 0.188. The van der Waals surface area contributed by atoms with Crippen LogP contribution in [0.25, 0.3) is 0 Å². The number of nitrogens with two attached hydrogens (primary N) is 1. The number of nitrogen functional groups attached to an aromatic ring is 1. The molecule has 0 unspecified atom stereocenters. The predicted molar refractivity (Wildman–Crippen MR) is 78.0 cm³/mol. The third-order valence-electron chi connectivity index (χ3n) is 3.11. The van der Waals surface area contributed by atoms with E-state index >= 15 is 0 Å². The van der Waals surface area contributed by atoms with Gasteiger partial charge in [-0.05, 0) is 48.7 Å². The van der Waals surface area contributed by atoms with Crippen LogP contribution < -0.4 is 11.1 Å². The number of hydrogen-bond acceptors (Lipinski definition) is 2. The second-order valence-electron chi connectivity index (χ2n) is 4.71. The maximum absolute atomic E-state index is 13.4. The van der Waals surface area contributed by atoms with Gasteiger partial charge in [-0.25, -0.2) is 4.39 Å². The van der Waals surface area contributed by atoms with Crippen molar-refractivity contribution in [3.63, 3.8) is 0 Å². The van der Waals surface area contributed by atoms with Gasteiger partial charge in [-0.3, -0.25) is 4.79 Å². The van der Waals surface area contributed by atoms with Gasteiger partial charge in [0, 0.05) is 17.8 Å². The van der Waals surface area contributed by atoms with E-state index in [1.165, 1.54) is 6.07 Å². The Balaban J connectivity index is 1.88. The molecule has 0 heterocycles. The first kappa shape index (κ1) is 14.1. The molecule has 2 aromatic carbocycles. The van der Waals surface area contributed by atoms with Gasteiger partial charge in [0.1, 0.15) is 5.82 Å². The number of carbonyl (C=O) groups is 1. The number of hydrogen-bond donors (Lipinski definition) is 2. The van der Waals surface area contributed by atoms with E-state index in [0.717, 1.165) is 5.56 Å². The van der Waals surface area contributed by atoms with Gasteiger partial charge in [-0.15, -0.1) is 0 Å². The quantitative estimate of drug-likeness (QED) is 0.841. The van der Waals surface area contributed by atoms with Crippen molar-refractivity contribution < 1.29 is 9.18 Å². The Kier molecular flexibility index (Phi) is 4.35. The summed E-state index contributed by atoms with van der Waals surface area (Å²) in [5, 5.41) is 2.77. The summed E-state index contributed by atoms with van der Waals surface area (Å²) in [6.07, 6.45) is 0.709. The normalized spacial score (nSPS) is 10.3. The van der Waals surface area contributed by atoms with Crippen LogP contribution in [-0.2, 0) is 6.42 Å². The SMILES string of the molecule is Cc1ccc(C(=O)NCCc2ccc(N)cc2)cc1F. The van der Waals surface area contributed by atoms with Gasteiger partial charge in [0.05, 0.1) is 0 Å². The second kappa shape index (κ2) is 6.19. The number of rotatable bonds is 4. The Labute approximate surface area is 117 Å². The highest BCUT2D eigenvalue weighted by atomic mass is 19.1. The molecule has 0 aliphatic carbocycles. The number of benzene rings is 2. The van der Waals surface area contributed by atoms with Gasteiger partial charge in [-0.2, -0.15) is 0 Å². The minimum Gasteiger partial charge on any atom is -0.399 e. The molecule has 0 aliphatic heterocycles. The zero-order chi connectivity index (χ0) is 14.5. The monoisotopic (exact) mass is 272 g/mol. The van der Waals surface area contributed by atoms with Crippen LogP contribution in [0.2, 0.25) is 0 Å². The molecule has 0 bridgehead atoms. The Morgan fingerprint density at radius 3 is 2.55 bits per heavy atom. The van der Waals surface area contributed by atoms with Crippen molar-refractivity contribution in [2.75, 3.05) is 12.3 Å². The van der Waals surface area contributed by atoms with Crippen LogP contribution in [0.5, 0.6) is 0 Å². The molecule has 0 radical (unpaired) electrons. The number of halogens is 1. The van der Waals surface area contributed by atoms with Crippen molar-refractivity contribution in [2.45, 2.75) is 13.3 Å². The smallest absolute Gasteiger partial charge is 0.251 e. The van der Waals surface area contributed by atoms with Gasteiger partial charge in [-0.1, -0.05) is 18.2 Å². The average molecular weight is 272 g/mol. The summed E-state index contributed by atoms with van der Waals surface area (Å²) in [7, 11) is 0. The minimum absolute atomic E-state index is 0.264. The molecule has 0 aromatic heterocycles. The Hall–Kier alpha value is -2.36. The first-order valence-corrected chi connectivity index (χ1v) is 6.45. The standard InChI is InChI=1S/C16H17FN2O/c1-11-2-5-13(10-15(11)17)16(20)19-9-8-12-3-6-14(18)7-4-12/h2-7,10H,8-9,18H2,1H3,(H,19,20). The van der Waals surface area contributed by atoms with Gasteiger partial charge in [0.15, 0.2) is 0 Å². The van der Waals surface area contributed by atoms with Crippen molar-refractivity contribution >= 4 is 11.6 Å². The highest BCUT2D eigenvalue weighted by Gasteiger charge is 2.07. The summed E-state index contributed by atoms with van der Waals surface area (Å²) in [6.45, 7) is 2.16. The summed E-state index contributed by atoms with van der Waals surface area (Å²) < 4.78 is 13.4. The fourth-order valence-corrected chi connectivity index (χ4v) is 1.84.